The molecule has 0 aliphatic carbocycles. The van der Waals surface area contributed by atoms with E-state index in [9.17, 15) is 14.3 Å². The van der Waals surface area contributed by atoms with Crippen molar-refractivity contribution < 1.29 is 28.2 Å². The van der Waals surface area contributed by atoms with Crippen molar-refractivity contribution in [1.82, 2.24) is 9.80 Å². The second-order valence-corrected chi connectivity index (χ2v) is 9.48. The summed E-state index contributed by atoms with van der Waals surface area (Å²) < 4.78 is 30.4. The monoisotopic (exact) mass is 502 g/mol. The van der Waals surface area contributed by atoms with Crippen LogP contribution in [0.15, 0.2) is 58.5 Å². The van der Waals surface area contributed by atoms with E-state index in [4.69, 9.17) is 13.9 Å². The van der Waals surface area contributed by atoms with Crippen LogP contribution in [-0.2, 0) is 22.5 Å². The Labute approximate surface area is 208 Å². The molecule has 3 aromatic rings. The number of carbonyl (C=O) groups excluding carboxylic acids is 1. The smallest absolute Gasteiger partial charge is 0.237 e. The summed E-state index contributed by atoms with van der Waals surface area (Å²) in [5.74, 6) is 0.712. The Morgan fingerprint density at radius 2 is 2.23 bits per heavy atom. The number of fused-ring (bicyclic) bond motifs is 1. The highest BCUT2D eigenvalue weighted by Gasteiger charge is 2.33. The van der Waals surface area contributed by atoms with Gasteiger partial charge in [-0.3, -0.25) is 9.69 Å². The van der Waals surface area contributed by atoms with Crippen molar-refractivity contribution in [3.8, 4) is 5.75 Å². The Kier molecular flexibility index (Phi) is 8.92. The fourth-order valence-corrected chi connectivity index (χ4v) is 5.23. The molecule has 9 heteroatoms. The average Bonchev–Trinajstić information content (AvgIpc) is 3.53. The van der Waals surface area contributed by atoms with Gasteiger partial charge in [0, 0.05) is 30.6 Å². The maximum Gasteiger partial charge on any atom is 0.237 e. The molecule has 188 valence electrons. The highest BCUT2D eigenvalue weighted by atomic mass is 32.1. The largest absolute Gasteiger partial charge is 0.491 e. The summed E-state index contributed by atoms with van der Waals surface area (Å²) in [6, 6.07) is 11.4. The number of furan rings is 1. The minimum absolute atomic E-state index is 0.0649. The predicted molar refractivity (Wildman–Crippen MR) is 131 cm³/mol. The number of ether oxygens (including phenoxy) is 2. The Morgan fingerprint density at radius 3 is 3.00 bits per heavy atom. The first kappa shape index (κ1) is 25.4. The topological polar surface area (TPSA) is 75.4 Å². The Hall–Kier alpha value is -2.72. The van der Waals surface area contributed by atoms with E-state index in [-0.39, 0.29) is 44.1 Å². The van der Waals surface area contributed by atoms with E-state index in [1.54, 1.807) is 35.8 Å². The van der Waals surface area contributed by atoms with Crippen molar-refractivity contribution in [3.63, 3.8) is 0 Å². The number of thiophene rings is 1. The number of rotatable bonds is 12. The van der Waals surface area contributed by atoms with Crippen LogP contribution in [0.2, 0.25) is 0 Å². The molecule has 0 saturated heterocycles. The van der Waals surface area contributed by atoms with Gasteiger partial charge in [-0.05, 0) is 54.6 Å². The van der Waals surface area contributed by atoms with Crippen LogP contribution in [0.1, 0.15) is 29.2 Å². The zero-order chi connectivity index (χ0) is 24.6. The molecule has 2 atom stereocenters. The van der Waals surface area contributed by atoms with E-state index in [1.165, 1.54) is 17.0 Å². The quantitative estimate of drug-likeness (QED) is 0.405. The molecule has 0 radical (unpaired) electrons. The molecule has 0 fully saturated rings. The molecule has 35 heavy (non-hydrogen) atoms. The molecule has 3 heterocycles. The van der Waals surface area contributed by atoms with E-state index < -0.39 is 6.10 Å². The highest BCUT2D eigenvalue weighted by Crippen LogP contribution is 2.34. The number of amides is 1. The van der Waals surface area contributed by atoms with E-state index in [1.807, 2.05) is 34.2 Å². The molecular formula is C26H31FN2O5S. The van der Waals surface area contributed by atoms with E-state index in [0.717, 1.165) is 12.0 Å². The van der Waals surface area contributed by atoms with Crippen molar-refractivity contribution >= 4 is 17.2 Å². The molecule has 0 saturated carbocycles. The lowest BCUT2D eigenvalue weighted by Crippen LogP contribution is -2.47. The summed E-state index contributed by atoms with van der Waals surface area (Å²) in [5, 5.41) is 12.4. The number of halogens is 1. The van der Waals surface area contributed by atoms with Crippen molar-refractivity contribution in [2.45, 2.75) is 32.0 Å². The number of hydrogen-bond acceptors (Lipinski definition) is 7. The maximum atomic E-state index is 13.6. The van der Waals surface area contributed by atoms with Gasteiger partial charge in [-0.15, -0.1) is 11.3 Å². The zero-order valence-corrected chi connectivity index (χ0v) is 20.6. The van der Waals surface area contributed by atoms with E-state index in [2.05, 4.69) is 0 Å². The number of aliphatic hydroxyl groups is 1. The SMILES string of the molecule is CCOC[C@@H](O)CN(CC(=O)N1CCc2sccc2[C@@H]1COc1cccc(F)c1)Cc1ccco1. The van der Waals surface area contributed by atoms with Gasteiger partial charge in [0.2, 0.25) is 5.91 Å². The highest BCUT2D eigenvalue weighted by molar-refractivity contribution is 7.10. The van der Waals surface area contributed by atoms with Gasteiger partial charge < -0.3 is 23.9 Å². The molecule has 1 aliphatic rings. The van der Waals surface area contributed by atoms with Crippen molar-refractivity contribution in [3.05, 3.63) is 76.1 Å². The fraction of sp³-hybridized carbons (Fsp3) is 0.423. The standard InChI is InChI=1S/C26H31FN2O5S/c1-2-32-17-20(30)14-28(15-22-7-4-11-33-22)16-26(31)29-10-8-25-23(9-12-35-25)24(29)18-34-21-6-3-5-19(27)13-21/h3-7,9,11-13,20,24,30H,2,8,10,14-18H2,1H3/t20-,24-/m0/s1. The predicted octanol–water partition coefficient (Wildman–Crippen LogP) is 3.88. The van der Waals surface area contributed by atoms with Gasteiger partial charge in [0.25, 0.3) is 0 Å². The third-order valence-corrected chi connectivity index (χ3v) is 6.92. The third kappa shape index (κ3) is 6.91. The number of nitrogens with zero attached hydrogens (tertiary/aromatic N) is 2. The van der Waals surface area contributed by atoms with Crippen LogP contribution < -0.4 is 4.74 Å². The molecule has 1 amide bonds. The van der Waals surface area contributed by atoms with Gasteiger partial charge >= 0.3 is 0 Å². The van der Waals surface area contributed by atoms with Crippen LogP contribution >= 0.6 is 11.3 Å². The van der Waals surface area contributed by atoms with Gasteiger partial charge in [-0.2, -0.15) is 0 Å². The van der Waals surface area contributed by atoms with Gasteiger partial charge in [-0.1, -0.05) is 6.07 Å². The normalized spacial score (nSPS) is 16.3. The lowest BCUT2D eigenvalue weighted by atomic mass is 10.0. The Balaban J connectivity index is 1.47. The Bertz CT molecular complexity index is 1070. The first-order valence-corrected chi connectivity index (χ1v) is 12.7. The van der Waals surface area contributed by atoms with Crippen LogP contribution in [0, 0.1) is 5.82 Å². The van der Waals surface area contributed by atoms with Crippen LogP contribution in [-0.4, -0.2) is 66.4 Å². The zero-order valence-electron chi connectivity index (χ0n) is 19.8. The third-order valence-electron chi connectivity index (χ3n) is 5.92. The number of aliphatic hydroxyl groups excluding tert-OH is 1. The van der Waals surface area contributed by atoms with E-state index in [0.29, 0.717) is 31.2 Å². The summed E-state index contributed by atoms with van der Waals surface area (Å²) in [5.41, 5.74) is 1.07. The first-order valence-electron chi connectivity index (χ1n) is 11.8. The van der Waals surface area contributed by atoms with Crippen LogP contribution in [0.4, 0.5) is 4.39 Å². The van der Waals surface area contributed by atoms with Crippen LogP contribution in [0.25, 0.3) is 0 Å². The number of carbonyl (C=O) groups is 1. The second kappa shape index (κ2) is 12.3. The van der Waals surface area contributed by atoms with Crippen molar-refractivity contribution in [2.75, 3.05) is 39.5 Å². The molecule has 1 N–H and O–H groups in total. The molecule has 1 aromatic carbocycles. The summed E-state index contributed by atoms with van der Waals surface area (Å²) in [6.45, 7) is 4.16. The molecule has 4 rings (SSSR count). The van der Waals surface area contributed by atoms with Crippen molar-refractivity contribution in [2.24, 2.45) is 0 Å². The lowest BCUT2D eigenvalue weighted by Gasteiger charge is -2.37. The summed E-state index contributed by atoms with van der Waals surface area (Å²) in [6.07, 6.45) is 1.64. The van der Waals surface area contributed by atoms with Gasteiger partial charge in [0.15, 0.2) is 0 Å². The fourth-order valence-electron chi connectivity index (χ4n) is 4.30. The minimum Gasteiger partial charge on any atom is -0.491 e. The molecule has 0 spiro atoms. The second-order valence-electron chi connectivity index (χ2n) is 8.48. The van der Waals surface area contributed by atoms with Crippen LogP contribution in [0.3, 0.4) is 0 Å². The summed E-state index contributed by atoms with van der Waals surface area (Å²) in [7, 11) is 0. The molecular weight excluding hydrogens is 471 g/mol. The van der Waals surface area contributed by atoms with Crippen LogP contribution in [0.5, 0.6) is 5.75 Å². The first-order chi connectivity index (χ1) is 17.0. The number of benzene rings is 1. The average molecular weight is 503 g/mol. The summed E-state index contributed by atoms with van der Waals surface area (Å²) in [4.78, 5) is 18.5. The van der Waals surface area contributed by atoms with E-state index >= 15 is 0 Å². The molecule has 0 unspecified atom stereocenters. The van der Waals surface area contributed by atoms with Crippen molar-refractivity contribution in [1.29, 1.82) is 0 Å². The van der Waals surface area contributed by atoms with Gasteiger partial charge in [-0.25, -0.2) is 4.39 Å². The maximum absolute atomic E-state index is 13.6. The summed E-state index contributed by atoms with van der Waals surface area (Å²) >= 11 is 1.68. The Morgan fingerprint density at radius 1 is 1.34 bits per heavy atom. The molecule has 1 aliphatic heterocycles. The van der Waals surface area contributed by atoms with Gasteiger partial charge in [0.1, 0.15) is 23.9 Å². The molecule has 2 aromatic heterocycles. The minimum atomic E-state index is -0.727. The molecule has 7 nitrogen and oxygen atoms in total. The van der Waals surface area contributed by atoms with Gasteiger partial charge in [0.05, 0.1) is 38.1 Å². The number of hydrogen-bond donors (Lipinski definition) is 1. The lowest BCUT2D eigenvalue weighted by molar-refractivity contribution is -0.136. The molecule has 0 bridgehead atoms.